The SMILES string of the molecule is CCCNCCC(C)(O)C(F)F. The van der Waals surface area contributed by atoms with E-state index in [0.717, 1.165) is 19.9 Å². The number of nitrogens with one attached hydrogen (secondary N) is 1. The van der Waals surface area contributed by atoms with Crippen LogP contribution in [0.3, 0.4) is 0 Å². The lowest BCUT2D eigenvalue weighted by Crippen LogP contribution is -2.37. The fourth-order valence-corrected chi connectivity index (χ4v) is 0.752. The van der Waals surface area contributed by atoms with Crippen LogP contribution in [0.15, 0.2) is 0 Å². The van der Waals surface area contributed by atoms with Gasteiger partial charge in [-0.15, -0.1) is 0 Å². The summed E-state index contributed by atoms with van der Waals surface area (Å²) in [5.74, 6) is 0. The van der Waals surface area contributed by atoms with Crippen molar-refractivity contribution < 1.29 is 13.9 Å². The van der Waals surface area contributed by atoms with E-state index in [9.17, 15) is 8.78 Å². The van der Waals surface area contributed by atoms with Crippen LogP contribution < -0.4 is 5.32 Å². The van der Waals surface area contributed by atoms with Crippen molar-refractivity contribution in [2.45, 2.75) is 38.7 Å². The second kappa shape index (κ2) is 5.43. The van der Waals surface area contributed by atoms with Crippen LogP contribution >= 0.6 is 0 Å². The average molecular weight is 181 g/mol. The Kier molecular flexibility index (Phi) is 5.33. The van der Waals surface area contributed by atoms with E-state index in [-0.39, 0.29) is 6.42 Å². The van der Waals surface area contributed by atoms with Gasteiger partial charge in [-0.3, -0.25) is 0 Å². The summed E-state index contributed by atoms with van der Waals surface area (Å²) in [6.45, 7) is 4.40. The molecule has 2 N–H and O–H groups in total. The fraction of sp³-hybridized carbons (Fsp3) is 1.00. The smallest absolute Gasteiger partial charge is 0.266 e. The summed E-state index contributed by atoms with van der Waals surface area (Å²) in [7, 11) is 0. The lowest BCUT2D eigenvalue weighted by molar-refractivity contribution is -0.0870. The third-order valence-electron chi connectivity index (χ3n) is 1.70. The number of alkyl halides is 2. The van der Waals surface area contributed by atoms with Gasteiger partial charge in [-0.2, -0.15) is 0 Å². The van der Waals surface area contributed by atoms with E-state index in [4.69, 9.17) is 5.11 Å². The van der Waals surface area contributed by atoms with Crippen molar-refractivity contribution in [1.82, 2.24) is 5.32 Å². The molecule has 0 saturated heterocycles. The van der Waals surface area contributed by atoms with Crippen LogP contribution in [-0.2, 0) is 0 Å². The second-order valence-electron chi connectivity index (χ2n) is 3.16. The Labute approximate surface area is 72.0 Å². The molecule has 1 unspecified atom stereocenters. The molecule has 74 valence electrons. The topological polar surface area (TPSA) is 32.3 Å². The maximum Gasteiger partial charge on any atom is 0.266 e. The minimum atomic E-state index is -2.67. The standard InChI is InChI=1S/C8H17F2NO/c1-3-5-11-6-4-8(2,12)7(9)10/h7,11-12H,3-6H2,1-2H3. The van der Waals surface area contributed by atoms with E-state index in [2.05, 4.69) is 5.32 Å². The molecule has 4 heteroatoms. The van der Waals surface area contributed by atoms with E-state index in [1.807, 2.05) is 6.92 Å². The van der Waals surface area contributed by atoms with Crippen LogP contribution in [0.2, 0.25) is 0 Å². The molecule has 12 heavy (non-hydrogen) atoms. The number of halogens is 2. The van der Waals surface area contributed by atoms with Crippen LogP contribution in [0.4, 0.5) is 8.78 Å². The summed E-state index contributed by atoms with van der Waals surface area (Å²) in [5.41, 5.74) is -1.85. The molecule has 0 radical (unpaired) electrons. The van der Waals surface area contributed by atoms with Crippen LogP contribution in [0, 0.1) is 0 Å². The van der Waals surface area contributed by atoms with Gasteiger partial charge < -0.3 is 10.4 Å². The molecule has 0 aliphatic carbocycles. The minimum Gasteiger partial charge on any atom is -0.384 e. The van der Waals surface area contributed by atoms with Crippen molar-refractivity contribution in [2.75, 3.05) is 13.1 Å². The van der Waals surface area contributed by atoms with Crippen molar-refractivity contribution in [3.63, 3.8) is 0 Å². The lowest BCUT2D eigenvalue weighted by Gasteiger charge is -2.21. The zero-order valence-electron chi connectivity index (χ0n) is 7.61. The van der Waals surface area contributed by atoms with Gasteiger partial charge in [0, 0.05) is 0 Å². The summed E-state index contributed by atoms with van der Waals surface area (Å²) in [5, 5.41) is 12.1. The van der Waals surface area contributed by atoms with Crippen molar-refractivity contribution in [1.29, 1.82) is 0 Å². The van der Waals surface area contributed by atoms with E-state index in [0.29, 0.717) is 6.54 Å². The normalized spacial score (nSPS) is 16.5. The summed E-state index contributed by atoms with van der Waals surface area (Å²) in [6, 6.07) is 0. The fourth-order valence-electron chi connectivity index (χ4n) is 0.752. The van der Waals surface area contributed by atoms with Crippen LogP contribution in [0.25, 0.3) is 0 Å². The first-order chi connectivity index (χ1) is 5.50. The van der Waals surface area contributed by atoms with Gasteiger partial charge in [-0.25, -0.2) is 8.78 Å². The summed E-state index contributed by atoms with van der Waals surface area (Å²) in [6.07, 6.45) is -1.61. The molecule has 0 aromatic carbocycles. The van der Waals surface area contributed by atoms with E-state index in [1.54, 1.807) is 0 Å². The Morgan fingerprint density at radius 1 is 1.42 bits per heavy atom. The van der Waals surface area contributed by atoms with Gasteiger partial charge in [0.05, 0.1) is 0 Å². The molecule has 0 aliphatic heterocycles. The van der Waals surface area contributed by atoms with E-state index < -0.39 is 12.0 Å². The van der Waals surface area contributed by atoms with Crippen molar-refractivity contribution >= 4 is 0 Å². The zero-order chi connectivity index (χ0) is 9.61. The minimum absolute atomic E-state index is 0.0880. The largest absolute Gasteiger partial charge is 0.384 e. The molecule has 0 fully saturated rings. The first-order valence-corrected chi connectivity index (χ1v) is 4.22. The molecule has 1 atom stereocenters. The number of hydrogen-bond acceptors (Lipinski definition) is 2. The molecule has 0 rings (SSSR count). The number of aliphatic hydroxyl groups is 1. The van der Waals surface area contributed by atoms with Crippen LogP contribution in [-0.4, -0.2) is 30.2 Å². The van der Waals surface area contributed by atoms with Crippen molar-refractivity contribution in [3.8, 4) is 0 Å². The Hall–Kier alpha value is -0.220. The highest BCUT2D eigenvalue weighted by atomic mass is 19.3. The first-order valence-electron chi connectivity index (χ1n) is 4.22. The van der Waals surface area contributed by atoms with Gasteiger partial charge in [0.2, 0.25) is 0 Å². The summed E-state index contributed by atoms with van der Waals surface area (Å²) >= 11 is 0. The first kappa shape index (κ1) is 11.8. The molecule has 0 saturated carbocycles. The second-order valence-corrected chi connectivity index (χ2v) is 3.16. The molecule has 0 aromatic rings. The Balaban J connectivity index is 3.47. The molecule has 2 nitrogen and oxygen atoms in total. The number of hydrogen-bond donors (Lipinski definition) is 2. The lowest BCUT2D eigenvalue weighted by atomic mass is 10.0. The van der Waals surface area contributed by atoms with Gasteiger partial charge in [0.25, 0.3) is 6.43 Å². The molecule has 0 spiro atoms. The molecular weight excluding hydrogens is 164 g/mol. The van der Waals surface area contributed by atoms with Crippen molar-refractivity contribution in [2.24, 2.45) is 0 Å². The predicted molar refractivity (Wildman–Crippen MR) is 44.4 cm³/mol. The molecule has 0 amide bonds. The van der Waals surface area contributed by atoms with Gasteiger partial charge in [0.1, 0.15) is 5.60 Å². The zero-order valence-corrected chi connectivity index (χ0v) is 7.61. The summed E-state index contributed by atoms with van der Waals surface area (Å²) in [4.78, 5) is 0. The maximum absolute atomic E-state index is 12.0. The molecular formula is C8H17F2NO. The highest BCUT2D eigenvalue weighted by molar-refractivity contribution is 4.75. The predicted octanol–water partition coefficient (Wildman–Crippen LogP) is 1.39. The van der Waals surface area contributed by atoms with Gasteiger partial charge >= 0.3 is 0 Å². The monoisotopic (exact) mass is 181 g/mol. The van der Waals surface area contributed by atoms with E-state index >= 15 is 0 Å². The van der Waals surface area contributed by atoms with Gasteiger partial charge in [-0.05, 0) is 32.9 Å². The molecule has 0 aliphatic rings. The van der Waals surface area contributed by atoms with Crippen LogP contribution in [0.1, 0.15) is 26.7 Å². The maximum atomic E-state index is 12.0. The highest BCUT2D eigenvalue weighted by Crippen LogP contribution is 2.17. The Morgan fingerprint density at radius 2 is 2.00 bits per heavy atom. The number of rotatable bonds is 6. The molecule has 0 aromatic heterocycles. The third-order valence-corrected chi connectivity index (χ3v) is 1.70. The van der Waals surface area contributed by atoms with Crippen LogP contribution in [0.5, 0.6) is 0 Å². The quantitative estimate of drug-likeness (QED) is 0.607. The average Bonchev–Trinajstić information content (AvgIpc) is 1.98. The molecule has 0 heterocycles. The van der Waals surface area contributed by atoms with Crippen molar-refractivity contribution in [3.05, 3.63) is 0 Å². The van der Waals surface area contributed by atoms with Gasteiger partial charge in [0.15, 0.2) is 0 Å². The van der Waals surface area contributed by atoms with Gasteiger partial charge in [-0.1, -0.05) is 6.92 Å². The Morgan fingerprint density at radius 3 is 2.42 bits per heavy atom. The molecule has 0 bridgehead atoms. The van der Waals surface area contributed by atoms with E-state index in [1.165, 1.54) is 0 Å². The summed E-state index contributed by atoms with van der Waals surface area (Å²) < 4.78 is 24.1. The Bertz CT molecular complexity index is 118. The highest BCUT2D eigenvalue weighted by Gasteiger charge is 2.31. The third kappa shape index (κ3) is 4.62.